The Labute approximate surface area is 159 Å². The SMILES string of the molecule is COc1ccc(CCC(=O)N2CCC(N3C(=O)CSC3=O)C2)cc1Br. The van der Waals surface area contributed by atoms with Crippen LogP contribution in [-0.2, 0) is 16.0 Å². The number of ether oxygens (including phenoxy) is 1. The Balaban J connectivity index is 1.53. The second-order valence-electron chi connectivity index (χ2n) is 6.07. The molecule has 2 fully saturated rings. The van der Waals surface area contributed by atoms with Gasteiger partial charge < -0.3 is 9.64 Å². The van der Waals surface area contributed by atoms with Crippen LogP contribution in [0.3, 0.4) is 0 Å². The molecule has 0 spiro atoms. The topological polar surface area (TPSA) is 66.9 Å². The number of nitrogens with zero attached hydrogens (tertiary/aromatic N) is 2. The number of thioether (sulfide) groups is 1. The molecule has 2 aliphatic rings. The fraction of sp³-hybridized carbons (Fsp3) is 0.471. The molecule has 0 N–H and O–H groups in total. The molecule has 0 bridgehead atoms. The molecule has 2 saturated heterocycles. The predicted octanol–water partition coefficient (Wildman–Crippen LogP) is 2.69. The molecular formula is C17H19BrN2O4S. The van der Waals surface area contributed by atoms with Crippen LogP contribution in [0.15, 0.2) is 22.7 Å². The van der Waals surface area contributed by atoms with Crippen LogP contribution in [0, 0.1) is 0 Å². The van der Waals surface area contributed by atoms with E-state index in [1.807, 2.05) is 18.2 Å². The number of carbonyl (C=O) groups excluding carboxylic acids is 3. The molecule has 1 atom stereocenters. The number of benzene rings is 1. The number of aryl methyl sites for hydroxylation is 1. The first-order valence-electron chi connectivity index (χ1n) is 8.08. The quantitative estimate of drug-likeness (QED) is 0.723. The summed E-state index contributed by atoms with van der Waals surface area (Å²) in [6.45, 7) is 1.04. The molecule has 1 unspecified atom stereocenters. The standard InChI is InChI=1S/C17H19BrN2O4S/c1-24-14-4-2-11(8-13(14)18)3-5-15(21)19-7-6-12(9-19)20-16(22)10-25-17(20)23/h2,4,8,12H,3,5-7,9-10H2,1H3. The fourth-order valence-electron chi connectivity index (χ4n) is 3.17. The maximum absolute atomic E-state index is 12.4. The summed E-state index contributed by atoms with van der Waals surface area (Å²) in [5.74, 6) is 0.893. The van der Waals surface area contributed by atoms with Gasteiger partial charge in [0.1, 0.15) is 5.75 Å². The number of amides is 3. The van der Waals surface area contributed by atoms with Crippen molar-refractivity contribution in [3.8, 4) is 5.75 Å². The van der Waals surface area contributed by atoms with E-state index in [2.05, 4.69) is 15.9 Å². The molecule has 0 aromatic heterocycles. The molecule has 3 amide bonds. The van der Waals surface area contributed by atoms with E-state index >= 15 is 0 Å². The second-order valence-corrected chi connectivity index (χ2v) is 7.85. The molecule has 2 heterocycles. The molecule has 6 nitrogen and oxygen atoms in total. The van der Waals surface area contributed by atoms with E-state index in [4.69, 9.17) is 4.74 Å². The van der Waals surface area contributed by atoms with Gasteiger partial charge in [-0.25, -0.2) is 0 Å². The molecule has 25 heavy (non-hydrogen) atoms. The van der Waals surface area contributed by atoms with Crippen molar-refractivity contribution in [1.29, 1.82) is 0 Å². The van der Waals surface area contributed by atoms with Crippen molar-refractivity contribution in [1.82, 2.24) is 9.80 Å². The summed E-state index contributed by atoms with van der Waals surface area (Å²) < 4.78 is 6.07. The van der Waals surface area contributed by atoms with Gasteiger partial charge in [0.2, 0.25) is 11.8 Å². The Hall–Kier alpha value is -1.54. The lowest BCUT2D eigenvalue weighted by Crippen LogP contribution is -2.41. The van der Waals surface area contributed by atoms with Crippen LogP contribution in [-0.4, -0.2) is 58.8 Å². The van der Waals surface area contributed by atoms with E-state index < -0.39 is 0 Å². The number of imide groups is 1. The van der Waals surface area contributed by atoms with Gasteiger partial charge in [-0.3, -0.25) is 19.3 Å². The van der Waals surface area contributed by atoms with E-state index in [1.54, 1.807) is 12.0 Å². The Morgan fingerprint density at radius 2 is 2.20 bits per heavy atom. The summed E-state index contributed by atoms with van der Waals surface area (Å²) in [4.78, 5) is 39.1. The number of methoxy groups -OCH3 is 1. The highest BCUT2D eigenvalue weighted by Crippen LogP contribution is 2.28. The van der Waals surface area contributed by atoms with Crippen LogP contribution in [0.5, 0.6) is 5.75 Å². The van der Waals surface area contributed by atoms with Crippen LogP contribution < -0.4 is 4.74 Å². The van der Waals surface area contributed by atoms with Crippen LogP contribution in [0.2, 0.25) is 0 Å². The molecule has 0 aliphatic carbocycles. The largest absolute Gasteiger partial charge is 0.496 e. The Bertz CT molecular complexity index is 696. The van der Waals surface area contributed by atoms with Gasteiger partial charge in [-0.05, 0) is 46.5 Å². The minimum atomic E-state index is -0.188. The molecule has 3 rings (SSSR count). The van der Waals surface area contributed by atoms with Crippen molar-refractivity contribution in [2.45, 2.75) is 25.3 Å². The van der Waals surface area contributed by atoms with Gasteiger partial charge >= 0.3 is 0 Å². The number of hydrogen-bond acceptors (Lipinski definition) is 5. The number of carbonyl (C=O) groups is 3. The monoisotopic (exact) mass is 426 g/mol. The van der Waals surface area contributed by atoms with E-state index in [0.717, 1.165) is 27.5 Å². The zero-order chi connectivity index (χ0) is 18.0. The Morgan fingerprint density at radius 3 is 2.84 bits per heavy atom. The van der Waals surface area contributed by atoms with Crippen LogP contribution in [0.25, 0.3) is 0 Å². The van der Waals surface area contributed by atoms with E-state index in [0.29, 0.717) is 32.4 Å². The highest BCUT2D eigenvalue weighted by molar-refractivity contribution is 9.10. The normalized spacial score (nSPS) is 20.5. The zero-order valence-electron chi connectivity index (χ0n) is 13.9. The summed E-state index contributed by atoms with van der Waals surface area (Å²) in [6, 6.07) is 5.60. The van der Waals surface area contributed by atoms with Gasteiger partial charge in [0, 0.05) is 19.5 Å². The lowest BCUT2D eigenvalue weighted by molar-refractivity contribution is -0.131. The molecule has 8 heteroatoms. The summed E-state index contributed by atoms with van der Waals surface area (Å²) in [5.41, 5.74) is 1.05. The molecule has 0 radical (unpaired) electrons. The maximum atomic E-state index is 12.4. The minimum Gasteiger partial charge on any atom is -0.496 e. The van der Waals surface area contributed by atoms with Gasteiger partial charge in [0.15, 0.2) is 0 Å². The average Bonchev–Trinajstić information content (AvgIpc) is 3.19. The van der Waals surface area contributed by atoms with Crippen molar-refractivity contribution in [3.05, 3.63) is 28.2 Å². The smallest absolute Gasteiger partial charge is 0.289 e. The van der Waals surface area contributed by atoms with Gasteiger partial charge in [-0.2, -0.15) is 0 Å². The molecule has 134 valence electrons. The third-order valence-electron chi connectivity index (χ3n) is 4.51. The number of likely N-dealkylation sites (tertiary alicyclic amines) is 1. The van der Waals surface area contributed by atoms with Crippen LogP contribution >= 0.6 is 27.7 Å². The van der Waals surface area contributed by atoms with Crippen molar-refractivity contribution >= 4 is 44.7 Å². The maximum Gasteiger partial charge on any atom is 0.289 e. The number of hydrogen-bond donors (Lipinski definition) is 0. The molecule has 0 saturated carbocycles. The molecule has 1 aromatic carbocycles. The Morgan fingerprint density at radius 1 is 1.40 bits per heavy atom. The van der Waals surface area contributed by atoms with Crippen LogP contribution in [0.1, 0.15) is 18.4 Å². The highest BCUT2D eigenvalue weighted by atomic mass is 79.9. The van der Waals surface area contributed by atoms with Gasteiger partial charge in [-0.1, -0.05) is 17.8 Å². The van der Waals surface area contributed by atoms with Crippen molar-refractivity contribution in [2.75, 3.05) is 26.0 Å². The van der Waals surface area contributed by atoms with Crippen LogP contribution in [0.4, 0.5) is 4.79 Å². The van der Waals surface area contributed by atoms with E-state index in [9.17, 15) is 14.4 Å². The molecular weight excluding hydrogens is 408 g/mol. The lowest BCUT2D eigenvalue weighted by atomic mass is 10.1. The van der Waals surface area contributed by atoms with E-state index in [1.165, 1.54) is 4.90 Å². The van der Waals surface area contributed by atoms with Gasteiger partial charge in [0.25, 0.3) is 5.24 Å². The second kappa shape index (κ2) is 7.78. The third-order valence-corrected chi connectivity index (χ3v) is 5.96. The summed E-state index contributed by atoms with van der Waals surface area (Å²) in [7, 11) is 1.61. The van der Waals surface area contributed by atoms with E-state index in [-0.39, 0.29) is 28.8 Å². The number of halogens is 1. The first-order valence-corrected chi connectivity index (χ1v) is 9.86. The highest BCUT2D eigenvalue weighted by Gasteiger charge is 2.39. The predicted molar refractivity (Wildman–Crippen MR) is 98.7 cm³/mol. The Kier molecular flexibility index (Phi) is 5.68. The van der Waals surface area contributed by atoms with Gasteiger partial charge in [0.05, 0.1) is 23.4 Å². The van der Waals surface area contributed by atoms with Gasteiger partial charge in [-0.15, -0.1) is 0 Å². The third kappa shape index (κ3) is 4.00. The summed E-state index contributed by atoms with van der Waals surface area (Å²) in [6.07, 6.45) is 1.71. The van der Waals surface area contributed by atoms with Crippen molar-refractivity contribution < 1.29 is 19.1 Å². The average molecular weight is 427 g/mol. The number of rotatable bonds is 5. The summed E-state index contributed by atoms with van der Waals surface area (Å²) >= 11 is 4.49. The first kappa shape index (κ1) is 18.3. The lowest BCUT2D eigenvalue weighted by Gasteiger charge is -2.22. The minimum absolute atomic E-state index is 0.0567. The van der Waals surface area contributed by atoms with Crippen molar-refractivity contribution in [2.24, 2.45) is 0 Å². The zero-order valence-corrected chi connectivity index (χ0v) is 16.3. The first-order chi connectivity index (χ1) is 12.0. The fourth-order valence-corrected chi connectivity index (χ4v) is 4.54. The van der Waals surface area contributed by atoms with Crippen molar-refractivity contribution in [3.63, 3.8) is 0 Å². The summed E-state index contributed by atoms with van der Waals surface area (Å²) in [5, 5.41) is -0.188. The molecule has 1 aromatic rings. The molecule has 2 aliphatic heterocycles.